The number of aromatic amines is 1. The van der Waals surface area contributed by atoms with Gasteiger partial charge in [-0.05, 0) is 5.56 Å². The summed E-state index contributed by atoms with van der Waals surface area (Å²) in [7, 11) is 0. The van der Waals surface area contributed by atoms with Crippen molar-refractivity contribution in [3.63, 3.8) is 0 Å². The topological polar surface area (TPSA) is 79.4 Å². The molecule has 0 unspecified atom stereocenters. The third-order valence-corrected chi connectivity index (χ3v) is 2.28. The van der Waals surface area contributed by atoms with E-state index in [1.165, 1.54) is 0 Å². The summed E-state index contributed by atoms with van der Waals surface area (Å²) in [6, 6.07) is 11.4. The second-order valence-corrected chi connectivity index (χ2v) is 3.68. The highest BCUT2D eigenvalue weighted by molar-refractivity contribution is 5.89. The average Bonchev–Trinajstić information content (AvgIpc) is 2.36. The van der Waals surface area contributed by atoms with E-state index in [4.69, 9.17) is 9.84 Å². The van der Waals surface area contributed by atoms with Crippen LogP contribution in [0.25, 0.3) is 0 Å². The number of carbonyl (C=O) groups excluding carboxylic acids is 1. The van der Waals surface area contributed by atoms with Crippen LogP contribution in [0, 0.1) is 0 Å². The molecule has 0 saturated heterocycles. The fourth-order valence-corrected chi connectivity index (χ4v) is 1.45. The third kappa shape index (κ3) is 2.98. The van der Waals surface area contributed by atoms with Crippen molar-refractivity contribution < 1.29 is 14.6 Å². The summed E-state index contributed by atoms with van der Waals surface area (Å²) in [5, 5.41) is 9.16. The highest BCUT2D eigenvalue weighted by Gasteiger charge is 2.09. The summed E-state index contributed by atoms with van der Waals surface area (Å²) in [6.07, 6.45) is 0. The normalized spacial score (nSPS) is 10.0. The zero-order valence-electron chi connectivity index (χ0n) is 9.42. The Kier molecular flexibility index (Phi) is 3.43. The standard InChI is InChI=1S/C13H11NO4/c15-11-6-10(7-12(16)14-11)13(17)18-8-9-4-2-1-3-5-9/h1-7H,8H2,(H2,14,15,16). The van der Waals surface area contributed by atoms with Crippen LogP contribution in [0.15, 0.2) is 47.3 Å². The quantitative estimate of drug-likeness (QED) is 0.802. The number of aromatic nitrogens is 1. The molecule has 2 aromatic rings. The molecule has 0 radical (unpaired) electrons. The lowest BCUT2D eigenvalue weighted by Gasteiger charge is -2.04. The first kappa shape index (κ1) is 11.9. The van der Waals surface area contributed by atoms with E-state index in [0.717, 1.165) is 17.7 Å². The summed E-state index contributed by atoms with van der Waals surface area (Å²) in [5.41, 5.74) is 0.314. The van der Waals surface area contributed by atoms with Gasteiger partial charge in [0.05, 0.1) is 5.56 Å². The number of hydrogen-bond acceptors (Lipinski definition) is 4. The predicted molar refractivity (Wildman–Crippen MR) is 64.3 cm³/mol. The molecule has 0 fully saturated rings. The largest absolute Gasteiger partial charge is 0.494 e. The van der Waals surface area contributed by atoms with Crippen molar-refractivity contribution >= 4 is 5.97 Å². The number of benzene rings is 1. The van der Waals surface area contributed by atoms with Crippen LogP contribution in [-0.2, 0) is 11.3 Å². The summed E-state index contributed by atoms with van der Waals surface area (Å²) in [5.74, 6) is -1.02. The van der Waals surface area contributed by atoms with E-state index < -0.39 is 11.5 Å². The molecule has 0 aliphatic heterocycles. The Morgan fingerprint density at radius 3 is 2.61 bits per heavy atom. The van der Waals surface area contributed by atoms with Gasteiger partial charge in [-0.15, -0.1) is 0 Å². The van der Waals surface area contributed by atoms with Crippen molar-refractivity contribution in [3.8, 4) is 5.88 Å². The molecular weight excluding hydrogens is 234 g/mol. The minimum Gasteiger partial charge on any atom is -0.494 e. The van der Waals surface area contributed by atoms with Crippen molar-refractivity contribution in [3.05, 3.63) is 63.9 Å². The third-order valence-electron chi connectivity index (χ3n) is 2.28. The molecule has 0 spiro atoms. The van der Waals surface area contributed by atoms with Crippen LogP contribution < -0.4 is 5.56 Å². The number of esters is 1. The van der Waals surface area contributed by atoms with Gasteiger partial charge in [0, 0.05) is 12.1 Å². The Morgan fingerprint density at radius 1 is 1.22 bits per heavy atom. The summed E-state index contributed by atoms with van der Waals surface area (Å²) in [4.78, 5) is 24.8. The first-order valence-corrected chi connectivity index (χ1v) is 5.29. The Hall–Kier alpha value is -2.56. The van der Waals surface area contributed by atoms with Gasteiger partial charge >= 0.3 is 5.97 Å². The Balaban J connectivity index is 2.06. The van der Waals surface area contributed by atoms with Crippen LogP contribution in [0.3, 0.4) is 0 Å². The van der Waals surface area contributed by atoms with Crippen LogP contribution in [0.2, 0.25) is 0 Å². The molecule has 0 aliphatic carbocycles. The van der Waals surface area contributed by atoms with Crippen molar-refractivity contribution in [1.82, 2.24) is 4.98 Å². The fourth-order valence-electron chi connectivity index (χ4n) is 1.45. The molecular formula is C13H11NO4. The molecule has 0 atom stereocenters. The second-order valence-electron chi connectivity index (χ2n) is 3.68. The second kappa shape index (κ2) is 5.18. The molecule has 5 heteroatoms. The van der Waals surface area contributed by atoms with E-state index in [-0.39, 0.29) is 18.1 Å². The number of pyridine rings is 1. The zero-order chi connectivity index (χ0) is 13.0. The molecule has 2 N–H and O–H groups in total. The van der Waals surface area contributed by atoms with Crippen molar-refractivity contribution in [2.75, 3.05) is 0 Å². The smallest absolute Gasteiger partial charge is 0.338 e. The number of rotatable bonds is 3. The number of H-pyrrole nitrogens is 1. The van der Waals surface area contributed by atoms with Gasteiger partial charge in [0.2, 0.25) is 0 Å². The van der Waals surface area contributed by atoms with E-state index in [9.17, 15) is 9.59 Å². The summed E-state index contributed by atoms with van der Waals surface area (Å²) < 4.78 is 5.02. The SMILES string of the molecule is O=C(OCc1ccccc1)c1cc(O)[nH]c(=O)c1. The number of ether oxygens (including phenoxy) is 1. The Bertz CT molecular complexity index is 604. The minimum absolute atomic E-state index is 0.0205. The number of carbonyl (C=O) groups is 1. The maximum atomic E-state index is 11.6. The van der Waals surface area contributed by atoms with Gasteiger partial charge in [0.1, 0.15) is 6.61 Å². The first-order valence-electron chi connectivity index (χ1n) is 5.29. The fraction of sp³-hybridized carbons (Fsp3) is 0.0769. The predicted octanol–water partition coefficient (Wildman–Crippen LogP) is 1.44. The lowest BCUT2D eigenvalue weighted by Crippen LogP contribution is -2.11. The maximum Gasteiger partial charge on any atom is 0.338 e. The van der Waals surface area contributed by atoms with Crippen LogP contribution in [0.5, 0.6) is 5.88 Å². The Labute approximate surface area is 103 Å². The molecule has 0 bridgehead atoms. The minimum atomic E-state index is -0.653. The number of nitrogens with one attached hydrogen (secondary N) is 1. The monoisotopic (exact) mass is 245 g/mol. The van der Waals surface area contributed by atoms with E-state index in [0.29, 0.717) is 0 Å². The molecule has 1 heterocycles. The van der Waals surface area contributed by atoms with Crippen LogP contribution in [0.1, 0.15) is 15.9 Å². The van der Waals surface area contributed by atoms with E-state index >= 15 is 0 Å². The number of hydrogen-bond donors (Lipinski definition) is 2. The first-order chi connectivity index (χ1) is 8.65. The van der Waals surface area contributed by atoms with Gasteiger partial charge in [-0.25, -0.2) is 4.79 Å². The molecule has 18 heavy (non-hydrogen) atoms. The average molecular weight is 245 g/mol. The van der Waals surface area contributed by atoms with Crippen LogP contribution >= 0.6 is 0 Å². The lowest BCUT2D eigenvalue weighted by atomic mass is 10.2. The molecule has 0 saturated carbocycles. The van der Waals surface area contributed by atoms with Gasteiger partial charge in [-0.1, -0.05) is 30.3 Å². The van der Waals surface area contributed by atoms with Crippen molar-refractivity contribution in [2.45, 2.75) is 6.61 Å². The molecule has 0 aliphatic rings. The van der Waals surface area contributed by atoms with E-state index in [1.54, 1.807) is 0 Å². The van der Waals surface area contributed by atoms with E-state index in [2.05, 4.69) is 4.98 Å². The molecule has 2 rings (SSSR count). The van der Waals surface area contributed by atoms with E-state index in [1.807, 2.05) is 30.3 Å². The van der Waals surface area contributed by atoms with Crippen LogP contribution in [0.4, 0.5) is 0 Å². The van der Waals surface area contributed by atoms with Gasteiger partial charge in [-0.2, -0.15) is 0 Å². The summed E-state index contributed by atoms with van der Waals surface area (Å²) in [6.45, 7) is 0.118. The number of aromatic hydroxyl groups is 1. The van der Waals surface area contributed by atoms with Crippen molar-refractivity contribution in [1.29, 1.82) is 0 Å². The lowest BCUT2D eigenvalue weighted by molar-refractivity contribution is 0.0472. The molecule has 1 aromatic carbocycles. The highest BCUT2D eigenvalue weighted by atomic mass is 16.5. The van der Waals surface area contributed by atoms with Crippen LogP contribution in [-0.4, -0.2) is 16.1 Å². The van der Waals surface area contributed by atoms with Gasteiger partial charge < -0.3 is 9.84 Å². The zero-order valence-corrected chi connectivity index (χ0v) is 9.42. The molecule has 0 amide bonds. The molecule has 1 aromatic heterocycles. The van der Waals surface area contributed by atoms with Gasteiger partial charge in [0.15, 0.2) is 5.88 Å². The highest BCUT2D eigenvalue weighted by Crippen LogP contribution is 2.08. The molecule has 5 nitrogen and oxygen atoms in total. The molecule has 92 valence electrons. The van der Waals surface area contributed by atoms with Gasteiger partial charge in [0.25, 0.3) is 5.56 Å². The Morgan fingerprint density at radius 2 is 1.94 bits per heavy atom. The van der Waals surface area contributed by atoms with Gasteiger partial charge in [-0.3, -0.25) is 9.78 Å². The summed E-state index contributed by atoms with van der Waals surface area (Å²) >= 11 is 0. The maximum absolute atomic E-state index is 11.6. The van der Waals surface area contributed by atoms with Crippen molar-refractivity contribution in [2.24, 2.45) is 0 Å².